The van der Waals surface area contributed by atoms with Gasteiger partial charge in [-0.3, -0.25) is 0 Å². The molecule has 1 heterocycles. The van der Waals surface area contributed by atoms with Gasteiger partial charge in [0.15, 0.2) is 0 Å². The maximum Gasteiger partial charge on any atom is 0.202 e. The van der Waals surface area contributed by atoms with E-state index in [1.54, 1.807) is 0 Å². The van der Waals surface area contributed by atoms with E-state index in [1.807, 2.05) is 0 Å². The van der Waals surface area contributed by atoms with Crippen molar-refractivity contribution < 1.29 is 0 Å². The molecule has 1 aromatic rings. The van der Waals surface area contributed by atoms with Crippen LogP contribution in [0.15, 0.2) is 0 Å². The van der Waals surface area contributed by atoms with Crippen LogP contribution in [0.3, 0.4) is 0 Å². The van der Waals surface area contributed by atoms with E-state index in [9.17, 15) is 0 Å². The van der Waals surface area contributed by atoms with Crippen LogP contribution in [0.25, 0.3) is 0 Å². The lowest BCUT2D eigenvalue weighted by molar-refractivity contribution is 0.555. The van der Waals surface area contributed by atoms with Gasteiger partial charge in [0.05, 0.1) is 0 Å². The molecule has 0 fully saturated rings. The third kappa shape index (κ3) is 4.13. The van der Waals surface area contributed by atoms with E-state index in [0.29, 0.717) is 0 Å². The van der Waals surface area contributed by atoms with Crippen molar-refractivity contribution in [2.24, 2.45) is 5.73 Å². The molecule has 0 amide bonds. The maximum atomic E-state index is 5.42. The zero-order valence-corrected chi connectivity index (χ0v) is 10.5. The normalized spacial score (nSPS) is 11.7. The molecular formula is C10H20N4S. The van der Waals surface area contributed by atoms with Crippen molar-refractivity contribution in [3.05, 3.63) is 5.82 Å². The third-order valence-corrected chi connectivity index (χ3v) is 2.68. The van der Waals surface area contributed by atoms with Crippen LogP contribution in [0.2, 0.25) is 0 Å². The molecule has 0 unspecified atom stereocenters. The molecule has 1 aromatic heterocycles. The van der Waals surface area contributed by atoms with E-state index in [1.165, 1.54) is 11.5 Å². The van der Waals surface area contributed by atoms with Crippen LogP contribution in [-0.2, 0) is 5.41 Å². The SMILES string of the molecule is CC(C)(C)c1nsc(NCCCCN)n1. The summed E-state index contributed by atoms with van der Waals surface area (Å²) in [5.74, 6) is 0.911. The zero-order valence-electron chi connectivity index (χ0n) is 9.71. The number of nitrogens with zero attached hydrogens (tertiary/aromatic N) is 2. The number of hydrogen-bond acceptors (Lipinski definition) is 5. The van der Waals surface area contributed by atoms with Gasteiger partial charge in [-0.05, 0) is 19.4 Å². The number of anilines is 1. The van der Waals surface area contributed by atoms with Gasteiger partial charge < -0.3 is 11.1 Å². The van der Waals surface area contributed by atoms with E-state index in [0.717, 1.165) is 36.9 Å². The number of rotatable bonds is 5. The summed E-state index contributed by atoms with van der Waals surface area (Å²) in [7, 11) is 0. The lowest BCUT2D eigenvalue weighted by Gasteiger charge is -2.12. The molecule has 0 saturated carbocycles. The molecule has 5 heteroatoms. The number of nitrogens with two attached hydrogens (primary N) is 1. The van der Waals surface area contributed by atoms with Gasteiger partial charge in [0, 0.05) is 23.5 Å². The Balaban J connectivity index is 2.40. The lowest BCUT2D eigenvalue weighted by atomic mass is 9.96. The Bertz CT molecular complexity index is 290. The number of nitrogens with one attached hydrogen (secondary N) is 1. The fraction of sp³-hybridized carbons (Fsp3) is 0.800. The molecule has 0 bridgehead atoms. The molecule has 0 aromatic carbocycles. The molecule has 0 aliphatic carbocycles. The summed E-state index contributed by atoms with van der Waals surface area (Å²) in [6, 6.07) is 0. The van der Waals surface area contributed by atoms with Crippen molar-refractivity contribution in [3.63, 3.8) is 0 Å². The van der Waals surface area contributed by atoms with E-state index >= 15 is 0 Å². The molecule has 4 nitrogen and oxygen atoms in total. The monoisotopic (exact) mass is 228 g/mol. The minimum absolute atomic E-state index is 0.0354. The van der Waals surface area contributed by atoms with Crippen LogP contribution >= 0.6 is 11.5 Å². The van der Waals surface area contributed by atoms with Gasteiger partial charge in [-0.1, -0.05) is 20.8 Å². The Kier molecular flexibility index (Phi) is 4.47. The summed E-state index contributed by atoms with van der Waals surface area (Å²) in [6.45, 7) is 8.04. The van der Waals surface area contributed by atoms with Gasteiger partial charge >= 0.3 is 0 Å². The molecule has 0 spiro atoms. The summed E-state index contributed by atoms with van der Waals surface area (Å²) in [5.41, 5.74) is 5.45. The molecule has 15 heavy (non-hydrogen) atoms. The summed E-state index contributed by atoms with van der Waals surface area (Å²) >= 11 is 1.43. The summed E-state index contributed by atoms with van der Waals surface area (Å²) in [6.07, 6.45) is 2.14. The smallest absolute Gasteiger partial charge is 0.202 e. The van der Waals surface area contributed by atoms with Gasteiger partial charge in [-0.25, -0.2) is 4.98 Å². The van der Waals surface area contributed by atoms with Crippen LogP contribution in [0.1, 0.15) is 39.4 Å². The molecule has 1 rings (SSSR count). The van der Waals surface area contributed by atoms with Crippen LogP contribution in [0.4, 0.5) is 5.13 Å². The first kappa shape index (κ1) is 12.4. The first-order valence-electron chi connectivity index (χ1n) is 5.32. The predicted molar refractivity (Wildman–Crippen MR) is 65.4 cm³/mol. The average Bonchev–Trinajstić information content (AvgIpc) is 2.60. The molecule has 3 N–H and O–H groups in total. The summed E-state index contributed by atoms with van der Waals surface area (Å²) in [5, 5.41) is 4.18. The van der Waals surface area contributed by atoms with Gasteiger partial charge in [-0.15, -0.1) is 0 Å². The first-order chi connectivity index (χ1) is 7.04. The van der Waals surface area contributed by atoms with Crippen LogP contribution in [0, 0.1) is 0 Å². The summed E-state index contributed by atoms with van der Waals surface area (Å²) in [4.78, 5) is 4.44. The first-order valence-corrected chi connectivity index (χ1v) is 6.09. The molecule has 0 atom stereocenters. The number of unbranched alkanes of at least 4 members (excludes halogenated alkanes) is 1. The highest BCUT2D eigenvalue weighted by Gasteiger charge is 2.19. The Labute approximate surface area is 95.5 Å². The van der Waals surface area contributed by atoms with Gasteiger partial charge in [0.25, 0.3) is 0 Å². The number of hydrogen-bond donors (Lipinski definition) is 2. The van der Waals surface area contributed by atoms with Crippen molar-refractivity contribution in [2.45, 2.75) is 39.0 Å². The second-order valence-electron chi connectivity index (χ2n) is 4.60. The Morgan fingerprint density at radius 1 is 1.33 bits per heavy atom. The minimum Gasteiger partial charge on any atom is -0.360 e. The topological polar surface area (TPSA) is 63.8 Å². The molecular weight excluding hydrogens is 208 g/mol. The Morgan fingerprint density at radius 3 is 2.60 bits per heavy atom. The minimum atomic E-state index is 0.0354. The quantitative estimate of drug-likeness (QED) is 0.756. The van der Waals surface area contributed by atoms with Crippen molar-refractivity contribution in [2.75, 3.05) is 18.4 Å². The highest BCUT2D eigenvalue weighted by atomic mass is 32.1. The van der Waals surface area contributed by atoms with Crippen molar-refractivity contribution in [1.82, 2.24) is 9.36 Å². The van der Waals surface area contributed by atoms with Crippen molar-refractivity contribution in [3.8, 4) is 0 Å². The highest BCUT2D eigenvalue weighted by molar-refractivity contribution is 7.09. The molecule has 0 aliphatic heterocycles. The van der Waals surface area contributed by atoms with Crippen molar-refractivity contribution in [1.29, 1.82) is 0 Å². The van der Waals surface area contributed by atoms with E-state index in [4.69, 9.17) is 5.73 Å². The predicted octanol–water partition coefficient (Wildman–Crippen LogP) is 1.99. The average molecular weight is 228 g/mol. The highest BCUT2D eigenvalue weighted by Crippen LogP contribution is 2.22. The van der Waals surface area contributed by atoms with Crippen LogP contribution in [0.5, 0.6) is 0 Å². The van der Waals surface area contributed by atoms with Crippen LogP contribution in [-0.4, -0.2) is 22.4 Å². The van der Waals surface area contributed by atoms with E-state index in [2.05, 4.69) is 35.4 Å². The van der Waals surface area contributed by atoms with Gasteiger partial charge in [0.2, 0.25) is 5.13 Å². The van der Waals surface area contributed by atoms with Gasteiger partial charge in [0.1, 0.15) is 5.82 Å². The standard InChI is InChI=1S/C10H20N4S/c1-10(2,3)8-13-9(15-14-8)12-7-5-4-6-11/h4-7,11H2,1-3H3,(H,12,13,14). The molecule has 0 saturated heterocycles. The molecule has 0 radical (unpaired) electrons. The van der Waals surface area contributed by atoms with Gasteiger partial charge in [-0.2, -0.15) is 4.37 Å². The fourth-order valence-corrected chi connectivity index (χ4v) is 1.85. The fourth-order valence-electron chi connectivity index (χ4n) is 1.06. The van der Waals surface area contributed by atoms with E-state index in [-0.39, 0.29) is 5.41 Å². The Morgan fingerprint density at radius 2 is 2.07 bits per heavy atom. The Hall–Kier alpha value is -0.680. The second-order valence-corrected chi connectivity index (χ2v) is 5.35. The summed E-state index contributed by atoms with van der Waals surface area (Å²) < 4.78 is 4.33. The van der Waals surface area contributed by atoms with Crippen LogP contribution < -0.4 is 11.1 Å². The number of aromatic nitrogens is 2. The van der Waals surface area contributed by atoms with Crippen molar-refractivity contribution >= 4 is 16.7 Å². The zero-order chi connectivity index (χ0) is 11.3. The van der Waals surface area contributed by atoms with E-state index < -0.39 is 0 Å². The largest absolute Gasteiger partial charge is 0.360 e. The molecule has 0 aliphatic rings. The molecule has 86 valence electrons. The lowest BCUT2D eigenvalue weighted by Crippen LogP contribution is -2.13. The maximum absolute atomic E-state index is 5.42. The second kappa shape index (κ2) is 5.42. The third-order valence-electron chi connectivity index (χ3n) is 2.00.